The SMILES string of the molecule is N#CC1(NS(=O)(=O)NC2CC2)CCCCCC1. The van der Waals surface area contributed by atoms with Gasteiger partial charge in [0.2, 0.25) is 0 Å². The molecule has 2 rings (SSSR count). The van der Waals surface area contributed by atoms with Crippen LogP contribution in [0.25, 0.3) is 0 Å². The topological polar surface area (TPSA) is 82.0 Å². The minimum absolute atomic E-state index is 0.0778. The van der Waals surface area contributed by atoms with Crippen molar-refractivity contribution in [3.05, 3.63) is 0 Å². The Kier molecular flexibility index (Phi) is 3.71. The molecule has 17 heavy (non-hydrogen) atoms. The van der Waals surface area contributed by atoms with Gasteiger partial charge in [-0.25, -0.2) is 0 Å². The number of hydrogen-bond donors (Lipinski definition) is 2. The van der Waals surface area contributed by atoms with Crippen molar-refractivity contribution in [2.24, 2.45) is 0 Å². The fourth-order valence-electron chi connectivity index (χ4n) is 2.28. The Morgan fingerprint density at radius 1 is 1.12 bits per heavy atom. The standard InChI is InChI=1S/C11H19N3O2S/c12-9-11(7-3-1-2-4-8-11)14-17(15,16)13-10-5-6-10/h10,13-14H,1-8H2. The van der Waals surface area contributed by atoms with E-state index in [1.807, 2.05) is 0 Å². The van der Waals surface area contributed by atoms with Crippen LogP contribution in [0.2, 0.25) is 0 Å². The maximum atomic E-state index is 11.9. The molecule has 0 heterocycles. The van der Waals surface area contributed by atoms with E-state index in [0.29, 0.717) is 12.8 Å². The van der Waals surface area contributed by atoms with Gasteiger partial charge in [0.05, 0.1) is 6.07 Å². The number of nitrogens with zero attached hydrogens (tertiary/aromatic N) is 1. The molecule has 0 saturated heterocycles. The first-order valence-corrected chi connectivity index (χ1v) is 7.76. The molecule has 2 fully saturated rings. The fourth-order valence-corrected chi connectivity index (χ4v) is 3.77. The van der Waals surface area contributed by atoms with E-state index in [1.54, 1.807) is 0 Å². The molecule has 2 aliphatic carbocycles. The molecule has 2 N–H and O–H groups in total. The zero-order valence-corrected chi connectivity index (χ0v) is 10.7. The number of rotatable bonds is 4. The van der Waals surface area contributed by atoms with E-state index in [9.17, 15) is 13.7 Å². The van der Waals surface area contributed by atoms with Crippen LogP contribution in [0.15, 0.2) is 0 Å². The van der Waals surface area contributed by atoms with Crippen molar-refractivity contribution in [2.45, 2.75) is 62.9 Å². The molecule has 6 heteroatoms. The van der Waals surface area contributed by atoms with Crippen LogP contribution in [0.3, 0.4) is 0 Å². The third kappa shape index (κ3) is 3.66. The van der Waals surface area contributed by atoms with Gasteiger partial charge in [0.15, 0.2) is 0 Å². The second-order valence-electron chi connectivity index (χ2n) is 5.11. The van der Waals surface area contributed by atoms with E-state index in [1.165, 1.54) is 0 Å². The van der Waals surface area contributed by atoms with Crippen LogP contribution < -0.4 is 9.44 Å². The van der Waals surface area contributed by atoms with Crippen LogP contribution >= 0.6 is 0 Å². The van der Waals surface area contributed by atoms with E-state index in [0.717, 1.165) is 38.5 Å². The van der Waals surface area contributed by atoms with Crippen LogP contribution in [-0.4, -0.2) is 20.0 Å². The molecule has 0 unspecified atom stereocenters. The first kappa shape index (κ1) is 12.8. The summed E-state index contributed by atoms with van der Waals surface area (Å²) < 4.78 is 28.8. The molecule has 0 spiro atoms. The summed E-state index contributed by atoms with van der Waals surface area (Å²) in [6.07, 6.45) is 7.05. The van der Waals surface area contributed by atoms with Crippen molar-refractivity contribution in [1.29, 1.82) is 5.26 Å². The highest BCUT2D eigenvalue weighted by atomic mass is 32.2. The third-order valence-electron chi connectivity index (χ3n) is 3.40. The zero-order valence-electron chi connectivity index (χ0n) is 9.91. The van der Waals surface area contributed by atoms with Crippen LogP contribution in [0, 0.1) is 11.3 Å². The van der Waals surface area contributed by atoms with Crippen molar-refractivity contribution in [1.82, 2.24) is 9.44 Å². The average Bonchev–Trinajstić information content (AvgIpc) is 3.05. The van der Waals surface area contributed by atoms with Gasteiger partial charge in [0, 0.05) is 6.04 Å². The molecule has 0 aromatic carbocycles. The zero-order chi connectivity index (χ0) is 12.4. The van der Waals surface area contributed by atoms with Crippen molar-refractivity contribution in [2.75, 3.05) is 0 Å². The fraction of sp³-hybridized carbons (Fsp3) is 0.909. The lowest BCUT2D eigenvalue weighted by Crippen LogP contribution is -2.51. The normalized spacial score (nSPS) is 24.9. The predicted octanol–water partition coefficient (Wildman–Crippen LogP) is 1.19. The van der Waals surface area contributed by atoms with E-state index < -0.39 is 15.7 Å². The van der Waals surface area contributed by atoms with Gasteiger partial charge in [-0.2, -0.15) is 23.1 Å². The Bertz CT molecular complexity index is 401. The van der Waals surface area contributed by atoms with Crippen LogP contribution in [-0.2, 0) is 10.2 Å². The van der Waals surface area contributed by atoms with Crippen LogP contribution in [0.5, 0.6) is 0 Å². The quantitative estimate of drug-likeness (QED) is 0.742. The van der Waals surface area contributed by atoms with Gasteiger partial charge in [0.25, 0.3) is 10.2 Å². The molecular weight excluding hydrogens is 238 g/mol. The molecule has 0 atom stereocenters. The van der Waals surface area contributed by atoms with Crippen molar-refractivity contribution in [3.63, 3.8) is 0 Å². The van der Waals surface area contributed by atoms with Crippen LogP contribution in [0.1, 0.15) is 51.4 Å². The Balaban J connectivity index is 2.04. The number of hydrogen-bond acceptors (Lipinski definition) is 3. The van der Waals surface area contributed by atoms with E-state index in [2.05, 4.69) is 15.5 Å². The van der Waals surface area contributed by atoms with Gasteiger partial charge in [-0.1, -0.05) is 25.7 Å². The summed E-state index contributed by atoms with van der Waals surface area (Å²) in [4.78, 5) is 0. The summed E-state index contributed by atoms with van der Waals surface area (Å²) in [5.74, 6) is 0. The van der Waals surface area contributed by atoms with Gasteiger partial charge in [-0.3, -0.25) is 0 Å². The van der Waals surface area contributed by atoms with Crippen LogP contribution in [0.4, 0.5) is 0 Å². The predicted molar refractivity (Wildman–Crippen MR) is 64.3 cm³/mol. The molecule has 0 bridgehead atoms. The smallest absolute Gasteiger partial charge is 0.199 e. The molecule has 0 aromatic heterocycles. The van der Waals surface area contributed by atoms with E-state index in [-0.39, 0.29) is 6.04 Å². The second-order valence-corrected chi connectivity index (χ2v) is 6.55. The summed E-state index contributed by atoms with van der Waals surface area (Å²) in [5.41, 5.74) is -0.892. The minimum atomic E-state index is -3.53. The highest BCUT2D eigenvalue weighted by molar-refractivity contribution is 7.87. The molecule has 96 valence electrons. The maximum Gasteiger partial charge on any atom is 0.278 e. The number of nitrogens with one attached hydrogen (secondary N) is 2. The number of nitriles is 1. The van der Waals surface area contributed by atoms with E-state index in [4.69, 9.17) is 0 Å². The summed E-state index contributed by atoms with van der Waals surface area (Å²) in [5, 5.41) is 9.27. The molecule has 0 aliphatic heterocycles. The Morgan fingerprint density at radius 2 is 1.71 bits per heavy atom. The summed E-state index contributed by atoms with van der Waals surface area (Å²) in [7, 11) is -3.53. The molecule has 2 saturated carbocycles. The van der Waals surface area contributed by atoms with Gasteiger partial charge >= 0.3 is 0 Å². The maximum absolute atomic E-state index is 11.9. The Morgan fingerprint density at radius 3 is 2.18 bits per heavy atom. The lowest BCUT2D eigenvalue weighted by atomic mass is 9.94. The highest BCUT2D eigenvalue weighted by Crippen LogP contribution is 2.27. The molecule has 0 amide bonds. The van der Waals surface area contributed by atoms with Gasteiger partial charge < -0.3 is 0 Å². The Hall–Kier alpha value is -0.640. The monoisotopic (exact) mass is 257 g/mol. The van der Waals surface area contributed by atoms with Crippen molar-refractivity contribution >= 4 is 10.2 Å². The average molecular weight is 257 g/mol. The molecular formula is C11H19N3O2S. The summed E-state index contributed by atoms with van der Waals surface area (Å²) in [6.45, 7) is 0. The lowest BCUT2D eigenvalue weighted by Gasteiger charge is -2.25. The first-order chi connectivity index (χ1) is 8.05. The van der Waals surface area contributed by atoms with Crippen molar-refractivity contribution < 1.29 is 8.42 Å². The minimum Gasteiger partial charge on any atom is -0.199 e. The highest BCUT2D eigenvalue weighted by Gasteiger charge is 2.37. The second kappa shape index (κ2) is 4.92. The summed E-state index contributed by atoms with van der Waals surface area (Å²) >= 11 is 0. The first-order valence-electron chi connectivity index (χ1n) is 6.28. The molecule has 0 aromatic rings. The Labute approximate surface area is 103 Å². The molecule has 5 nitrogen and oxygen atoms in total. The third-order valence-corrected chi connectivity index (χ3v) is 4.70. The molecule has 2 aliphatic rings. The van der Waals surface area contributed by atoms with E-state index >= 15 is 0 Å². The summed E-state index contributed by atoms with van der Waals surface area (Å²) in [6, 6.07) is 2.25. The largest absolute Gasteiger partial charge is 0.278 e. The van der Waals surface area contributed by atoms with Crippen molar-refractivity contribution in [3.8, 4) is 6.07 Å². The molecule has 0 radical (unpaired) electrons. The van der Waals surface area contributed by atoms with Gasteiger partial charge in [0.1, 0.15) is 5.54 Å². The van der Waals surface area contributed by atoms with Gasteiger partial charge in [-0.05, 0) is 25.7 Å². The lowest BCUT2D eigenvalue weighted by molar-refractivity contribution is 0.418. The van der Waals surface area contributed by atoms with Gasteiger partial charge in [-0.15, -0.1) is 0 Å².